The first-order valence-electron chi connectivity index (χ1n) is 8.43. The van der Waals surface area contributed by atoms with Crippen LogP contribution in [-0.4, -0.2) is 39.8 Å². The lowest BCUT2D eigenvalue weighted by atomic mass is 9.63. The van der Waals surface area contributed by atoms with Crippen molar-refractivity contribution in [3.8, 4) is 0 Å². The van der Waals surface area contributed by atoms with Crippen LogP contribution in [0.2, 0.25) is 0 Å². The van der Waals surface area contributed by atoms with Crippen LogP contribution in [0, 0.1) is 5.41 Å². The van der Waals surface area contributed by atoms with Gasteiger partial charge in [0.1, 0.15) is 5.60 Å². The highest BCUT2D eigenvalue weighted by atomic mass is 79.9. The summed E-state index contributed by atoms with van der Waals surface area (Å²) in [4.78, 5) is 17.9. The van der Waals surface area contributed by atoms with Crippen LogP contribution in [0.5, 0.6) is 0 Å². The molecule has 0 bridgehead atoms. The van der Waals surface area contributed by atoms with Crippen molar-refractivity contribution in [3.05, 3.63) is 28.5 Å². The van der Waals surface area contributed by atoms with Gasteiger partial charge in [-0.25, -0.2) is 4.79 Å². The van der Waals surface area contributed by atoms with Crippen LogP contribution in [-0.2, 0) is 10.3 Å². The Labute approximate surface area is 151 Å². The molecule has 1 spiro atoms. The van der Waals surface area contributed by atoms with Gasteiger partial charge in [0.25, 0.3) is 0 Å². The van der Waals surface area contributed by atoms with E-state index in [9.17, 15) is 9.90 Å². The summed E-state index contributed by atoms with van der Waals surface area (Å²) in [7, 11) is 0. The fraction of sp³-hybridized carbons (Fsp3) is 0.667. The number of halogens is 1. The minimum Gasteiger partial charge on any atom is -0.444 e. The molecular weight excluding hydrogens is 372 g/mol. The van der Waals surface area contributed by atoms with Crippen molar-refractivity contribution in [2.45, 2.75) is 57.7 Å². The molecule has 132 valence electrons. The molecule has 1 saturated heterocycles. The number of hydrogen-bond acceptors (Lipinski definition) is 4. The van der Waals surface area contributed by atoms with E-state index >= 15 is 0 Å². The highest BCUT2D eigenvalue weighted by Gasteiger charge is 2.51. The predicted molar refractivity (Wildman–Crippen MR) is 94.5 cm³/mol. The quantitative estimate of drug-likeness (QED) is 0.782. The summed E-state index contributed by atoms with van der Waals surface area (Å²) in [5.41, 5.74) is -0.210. The molecule has 1 amide bonds. The molecule has 24 heavy (non-hydrogen) atoms. The van der Waals surface area contributed by atoms with Crippen LogP contribution in [0.15, 0.2) is 22.9 Å². The molecule has 0 radical (unpaired) electrons. The van der Waals surface area contributed by atoms with Crippen molar-refractivity contribution < 1.29 is 14.6 Å². The molecule has 2 fully saturated rings. The number of carbonyl (C=O) groups excluding carboxylic acids is 1. The molecule has 0 aromatic carbocycles. The van der Waals surface area contributed by atoms with Gasteiger partial charge in [-0.2, -0.15) is 0 Å². The van der Waals surface area contributed by atoms with Crippen LogP contribution in [0.25, 0.3) is 0 Å². The van der Waals surface area contributed by atoms with Crippen LogP contribution in [0.1, 0.15) is 52.0 Å². The van der Waals surface area contributed by atoms with E-state index in [1.165, 1.54) is 0 Å². The van der Waals surface area contributed by atoms with Gasteiger partial charge in [-0.1, -0.05) is 0 Å². The number of pyridine rings is 1. The van der Waals surface area contributed by atoms with Crippen LogP contribution in [0.3, 0.4) is 0 Å². The van der Waals surface area contributed by atoms with Gasteiger partial charge in [-0.15, -0.1) is 0 Å². The van der Waals surface area contributed by atoms with Crippen LogP contribution in [0.4, 0.5) is 4.79 Å². The van der Waals surface area contributed by atoms with Gasteiger partial charge in [0.2, 0.25) is 0 Å². The number of rotatable bonds is 1. The van der Waals surface area contributed by atoms with Crippen molar-refractivity contribution in [1.29, 1.82) is 0 Å². The number of hydrogen-bond donors (Lipinski definition) is 1. The minimum absolute atomic E-state index is 0.142. The number of carbonyl (C=O) groups is 1. The lowest BCUT2D eigenvalue weighted by Gasteiger charge is -2.54. The zero-order valence-corrected chi connectivity index (χ0v) is 16.1. The number of likely N-dealkylation sites (tertiary alicyclic amines) is 1. The molecule has 1 aromatic heterocycles. The average molecular weight is 397 g/mol. The Kier molecular flexibility index (Phi) is 4.41. The molecule has 5 nitrogen and oxygen atoms in total. The highest BCUT2D eigenvalue weighted by Crippen LogP contribution is 2.51. The zero-order valence-electron chi connectivity index (χ0n) is 14.5. The monoisotopic (exact) mass is 396 g/mol. The molecule has 0 unspecified atom stereocenters. The Morgan fingerprint density at radius 3 is 2.46 bits per heavy atom. The molecule has 6 heteroatoms. The van der Waals surface area contributed by atoms with E-state index in [1.54, 1.807) is 17.3 Å². The summed E-state index contributed by atoms with van der Waals surface area (Å²) < 4.78 is 6.28. The molecule has 2 aliphatic rings. The third-order valence-corrected chi connectivity index (χ3v) is 5.75. The van der Waals surface area contributed by atoms with Gasteiger partial charge in [-0.05, 0) is 68.5 Å². The number of amides is 1. The van der Waals surface area contributed by atoms with Gasteiger partial charge >= 0.3 is 6.09 Å². The number of aromatic nitrogens is 1. The number of aliphatic hydroxyl groups is 1. The first-order valence-corrected chi connectivity index (χ1v) is 9.22. The molecule has 1 aromatic rings. The summed E-state index contributed by atoms with van der Waals surface area (Å²) in [5.74, 6) is 0. The second-order valence-corrected chi connectivity index (χ2v) is 9.08. The third kappa shape index (κ3) is 3.45. The van der Waals surface area contributed by atoms with E-state index < -0.39 is 11.2 Å². The first kappa shape index (κ1) is 17.7. The first-order chi connectivity index (χ1) is 11.1. The van der Waals surface area contributed by atoms with Crippen molar-refractivity contribution in [1.82, 2.24) is 9.88 Å². The largest absolute Gasteiger partial charge is 0.444 e. The molecule has 0 atom stereocenters. The van der Waals surface area contributed by atoms with Crippen molar-refractivity contribution in [2.75, 3.05) is 13.1 Å². The maximum absolute atomic E-state index is 12.1. The summed E-state index contributed by atoms with van der Waals surface area (Å²) in [6.07, 6.45) is 6.46. The smallest absolute Gasteiger partial charge is 0.410 e. The lowest BCUT2D eigenvalue weighted by molar-refractivity contribution is -0.0966. The third-order valence-electron chi connectivity index (χ3n) is 5.12. The van der Waals surface area contributed by atoms with Gasteiger partial charge in [0, 0.05) is 40.9 Å². The summed E-state index contributed by atoms with van der Waals surface area (Å²) >= 11 is 3.49. The summed E-state index contributed by atoms with van der Waals surface area (Å²) in [5, 5.41) is 11.0. The Morgan fingerprint density at radius 2 is 1.92 bits per heavy atom. The van der Waals surface area contributed by atoms with Gasteiger partial charge < -0.3 is 14.7 Å². The standard InChI is InChI=1S/C18H25BrN2O3/c1-16(2,3)24-15(22)21-11-17(12-21)5-7-18(23,8-6-17)13-4-9-20-10-14(13)19/h4,9-10,23H,5-8,11-12H2,1-3H3. The molecule has 3 rings (SSSR count). The maximum Gasteiger partial charge on any atom is 0.410 e. The topological polar surface area (TPSA) is 62.7 Å². The van der Waals surface area contributed by atoms with Crippen molar-refractivity contribution in [2.24, 2.45) is 5.41 Å². The van der Waals surface area contributed by atoms with Crippen LogP contribution >= 0.6 is 15.9 Å². The zero-order chi connectivity index (χ0) is 17.6. The van der Waals surface area contributed by atoms with Crippen LogP contribution < -0.4 is 0 Å². The van der Waals surface area contributed by atoms with E-state index in [-0.39, 0.29) is 11.5 Å². The molecule has 2 heterocycles. The Hall–Kier alpha value is -1.14. The Morgan fingerprint density at radius 1 is 1.29 bits per heavy atom. The van der Waals surface area contributed by atoms with Crippen molar-refractivity contribution in [3.63, 3.8) is 0 Å². The second kappa shape index (κ2) is 5.99. The van der Waals surface area contributed by atoms with Gasteiger partial charge in [-0.3, -0.25) is 4.98 Å². The van der Waals surface area contributed by atoms with E-state index in [4.69, 9.17) is 4.74 Å². The minimum atomic E-state index is -0.806. The molecule has 1 aliphatic heterocycles. The van der Waals surface area contributed by atoms with E-state index in [0.29, 0.717) is 12.8 Å². The van der Waals surface area contributed by atoms with E-state index in [0.717, 1.165) is 36.0 Å². The molecular formula is C18H25BrN2O3. The Balaban J connectivity index is 1.59. The normalized spacial score (nSPS) is 22.1. The van der Waals surface area contributed by atoms with E-state index in [1.807, 2.05) is 26.8 Å². The lowest BCUT2D eigenvalue weighted by Crippen LogP contribution is -2.61. The second-order valence-electron chi connectivity index (χ2n) is 8.22. The van der Waals surface area contributed by atoms with Gasteiger partial charge in [0.15, 0.2) is 0 Å². The average Bonchev–Trinajstić information content (AvgIpc) is 2.44. The molecule has 1 saturated carbocycles. The van der Waals surface area contributed by atoms with Crippen molar-refractivity contribution >= 4 is 22.0 Å². The fourth-order valence-electron chi connectivity index (χ4n) is 3.75. The van der Waals surface area contributed by atoms with Gasteiger partial charge in [0.05, 0.1) is 5.60 Å². The number of ether oxygens (including phenoxy) is 1. The molecule has 1 aliphatic carbocycles. The Bertz CT molecular complexity index is 625. The molecule has 1 N–H and O–H groups in total. The fourth-order valence-corrected chi connectivity index (χ4v) is 4.37. The highest BCUT2D eigenvalue weighted by molar-refractivity contribution is 9.10. The predicted octanol–water partition coefficient (Wildman–Crippen LogP) is 3.84. The summed E-state index contributed by atoms with van der Waals surface area (Å²) in [6.45, 7) is 7.11. The van der Waals surface area contributed by atoms with E-state index in [2.05, 4.69) is 20.9 Å². The summed E-state index contributed by atoms with van der Waals surface area (Å²) in [6, 6.07) is 1.88. The SMILES string of the molecule is CC(C)(C)OC(=O)N1CC2(CCC(O)(c3ccncc3Br)CC2)C1. The number of nitrogens with zero attached hydrogens (tertiary/aromatic N) is 2. The maximum atomic E-state index is 12.1.